The van der Waals surface area contributed by atoms with Crippen molar-refractivity contribution in [2.24, 2.45) is 16.7 Å². The Balaban J connectivity index is 1.32. The monoisotopic (exact) mass is 418 g/mol. The highest BCUT2D eigenvalue weighted by Crippen LogP contribution is 2.34. The van der Waals surface area contributed by atoms with Crippen LogP contribution in [0.2, 0.25) is 0 Å². The number of hydrogen-bond donors (Lipinski definition) is 4. The van der Waals surface area contributed by atoms with Gasteiger partial charge >= 0.3 is 0 Å². The maximum absolute atomic E-state index is 13.0. The van der Waals surface area contributed by atoms with Crippen LogP contribution in [-0.2, 0) is 0 Å². The van der Waals surface area contributed by atoms with Gasteiger partial charge in [-0.2, -0.15) is 5.10 Å². The Bertz CT molecular complexity index is 1190. The Kier molecular flexibility index (Phi) is 4.32. The molecule has 2 amide bonds. The van der Waals surface area contributed by atoms with Gasteiger partial charge in [-0.3, -0.25) is 9.59 Å². The van der Waals surface area contributed by atoms with Crippen molar-refractivity contribution in [1.29, 1.82) is 0 Å². The van der Waals surface area contributed by atoms with Crippen LogP contribution in [0.5, 0.6) is 5.75 Å². The van der Waals surface area contributed by atoms with Crippen molar-refractivity contribution in [1.82, 2.24) is 15.2 Å². The first-order chi connectivity index (χ1) is 15.0. The topological polar surface area (TPSA) is 139 Å². The van der Waals surface area contributed by atoms with Gasteiger partial charge in [0.15, 0.2) is 5.72 Å². The fourth-order valence-electron chi connectivity index (χ4n) is 4.20. The molecule has 0 saturated carbocycles. The number of hydrogen-bond acceptors (Lipinski definition) is 5. The van der Waals surface area contributed by atoms with Crippen LogP contribution in [0.3, 0.4) is 0 Å². The summed E-state index contributed by atoms with van der Waals surface area (Å²) in [6.07, 6.45) is 0.969. The largest absolute Gasteiger partial charge is 0.467 e. The first kappa shape index (κ1) is 19.0. The fourth-order valence-corrected chi connectivity index (χ4v) is 4.20. The van der Waals surface area contributed by atoms with E-state index in [4.69, 9.17) is 16.3 Å². The van der Waals surface area contributed by atoms with Gasteiger partial charge in [0.2, 0.25) is 0 Å². The number of benzene rings is 2. The zero-order chi connectivity index (χ0) is 21.6. The van der Waals surface area contributed by atoms with Gasteiger partial charge in [-0.25, -0.2) is 0 Å². The first-order valence-electron chi connectivity index (χ1n) is 10.0. The predicted molar refractivity (Wildman–Crippen MR) is 116 cm³/mol. The van der Waals surface area contributed by atoms with Crippen LogP contribution in [0.4, 0.5) is 0 Å². The van der Waals surface area contributed by atoms with E-state index in [0.29, 0.717) is 48.5 Å². The van der Waals surface area contributed by atoms with Gasteiger partial charge in [0.25, 0.3) is 11.8 Å². The average molecular weight is 418 g/mol. The minimum atomic E-state index is -0.837. The number of likely N-dealkylation sites (tertiary alicyclic amines) is 1. The lowest BCUT2D eigenvalue weighted by atomic mass is 9.96. The third-order valence-corrected chi connectivity index (χ3v) is 5.92. The molecule has 1 saturated heterocycles. The van der Waals surface area contributed by atoms with E-state index in [1.807, 2.05) is 30.3 Å². The number of amides is 2. The highest BCUT2D eigenvalue weighted by Gasteiger charge is 2.43. The van der Waals surface area contributed by atoms with Crippen LogP contribution >= 0.6 is 0 Å². The van der Waals surface area contributed by atoms with Crippen molar-refractivity contribution < 1.29 is 14.3 Å². The number of H-pyrrole nitrogens is 1. The third kappa shape index (κ3) is 3.24. The quantitative estimate of drug-likeness (QED) is 0.216. The van der Waals surface area contributed by atoms with E-state index >= 15 is 0 Å². The van der Waals surface area contributed by atoms with Gasteiger partial charge < -0.3 is 31.5 Å². The number of fused-ring (bicyclic) bond motifs is 2. The highest BCUT2D eigenvalue weighted by molar-refractivity contribution is 6.03. The number of piperidine rings is 1. The van der Waals surface area contributed by atoms with E-state index in [2.05, 4.69) is 15.4 Å². The van der Waals surface area contributed by atoms with Crippen molar-refractivity contribution in [3.8, 4) is 5.75 Å². The molecule has 0 atom stereocenters. The summed E-state index contributed by atoms with van der Waals surface area (Å²) in [7, 11) is 0. The summed E-state index contributed by atoms with van der Waals surface area (Å²) in [5, 5.41) is 7.43. The molecule has 2 aromatic carbocycles. The lowest BCUT2D eigenvalue weighted by molar-refractivity contribution is -0.0246. The Morgan fingerprint density at radius 3 is 2.65 bits per heavy atom. The number of ether oxygens (including phenoxy) is 1. The third-order valence-electron chi connectivity index (χ3n) is 5.92. The van der Waals surface area contributed by atoms with Crippen molar-refractivity contribution >= 4 is 28.6 Å². The first-order valence-corrected chi connectivity index (χ1v) is 10.0. The molecule has 0 aliphatic carbocycles. The Labute approximate surface area is 178 Å². The van der Waals surface area contributed by atoms with Crippen LogP contribution in [-0.4, -0.2) is 46.3 Å². The lowest BCUT2D eigenvalue weighted by Crippen LogP contribution is -2.61. The molecule has 0 unspecified atom stereocenters. The number of carbonyl (C=O) groups is 2. The van der Waals surface area contributed by atoms with E-state index in [1.165, 1.54) is 0 Å². The number of amidine groups is 1. The molecule has 31 heavy (non-hydrogen) atoms. The van der Waals surface area contributed by atoms with Crippen LogP contribution in [0, 0.1) is 0 Å². The summed E-state index contributed by atoms with van der Waals surface area (Å²) in [4.78, 5) is 30.7. The Morgan fingerprint density at radius 1 is 1.13 bits per heavy atom. The average Bonchev–Trinajstić information content (AvgIpc) is 3.23. The Morgan fingerprint density at radius 2 is 1.90 bits per heavy atom. The number of nitrogens with zero attached hydrogens (tertiary/aromatic N) is 2. The van der Waals surface area contributed by atoms with Gasteiger partial charge in [0.05, 0.1) is 5.56 Å². The standard InChI is InChI=1S/C22H22N6O3/c23-19(27-24)14-5-6-18-15(11-14)20(29)26-22(31-18)7-9-28(10-8-22)21(30)17-12-13-3-1-2-4-16(13)25-17/h1-6,11-12,25H,7-10,24H2,(H2,23,27)(H,26,29). The van der Waals surface area contributed by atoms with Crippen LogP contribution in [0.25, 0.3) is 10.9 Å². The van der Waals surface area contributed by atoms with Gasteiger partial charge in [-0.1, -0.05) is 18.2 Å². The minimum absolute atomic E-state index is 0.0604. The second-order valence-electron chi connectivity index (χ2n) is 7.84. The number of nitrogens with two attached hydrogens (primary N) is 2. The molecule has 1 spiro atoms. The number of carbonyl (C=O) groups excluding carboxylic acids is 2. The lowest BCUT2D eigenvalue weighted by Gasteiger charge is -2.44. The van der Waals surface area contributed by atoms with Crippen molar-refractivity contribution in [2.45, 2.75) is 18.6 Å². The summed E-state index contributed by atoms with van der Waals surface area (Å²) >= 11 is 0. The molecule has 9 heteroatoms. The fraction of sp³-hybridized carbons (Fsp3) is 0.227. The molecule has 9 nitrogen and oxygen atoms in total. The SMILES string of the molecule is NN=C(N)c1ccc2c(c1)C(=O)NC1(CCN(C(=O)c3cc4ccccc4[nH]3)CC1)O2. The maximum atomic E-state index is 13.0. The van der Waals surface area contributed by atoms with E-state index in [1.54, 1.807) is 23.1 Å². The van der Waals surface area contributed by atoms with Crippen LogP contribution in [0.15, 0.2) is 53.6 Å². The molecule has 1 aromatic heterocycles. The molecular weight excluding hydrogens is 396 g/mol. The van der Waals surface area contributed by atoms with E-state index in [0.717, 1.165) is 10.9 Å². The molecular formula is C22H22N6O3. The molecule has 3 heterocycles. The zero-order valence-electron chi connectivity index (χ0n) is 16.7. The van der Waals surface area contributed by atoms with E-state index in [9.17, 15) is 9.59 Å². The zero-order valence-corrected chi connectivity index (χ0v) is 16.7. The number of hydrazone groups is 1. The number of aromatic nitrogens is 1. The number of para-hydroxylation sites is 1. The summed E-state index contributed by atoms with van der Waals surface area (Å²) in [6, 6.07) is 14.7. The molecule has 6 N–H and O–H groups in total. The summed E-state index contributed by atoms with van der Waals surface area (Å²) < 4.78 is 6.19. The van der Waals surface area contributed by atoms with E-state index in [-0.39, 0.29) is 17.6 Å². The summed E-state index contributed by atoms with van der Waals surface area (Å²) in [6.45, 7) is 0.934. The van der Waals surface area contributed by atoms with E-state index < -0.39 is 5.72 Å². The molecule has 2 aliphatic rings. The minimum Gasteiger partial charge on any atom is -0.467 e. The normalized spacial score (nSPS) is 17.9. The molecule has 0 bridgehead atoms. The van der Waals surface area contributed by atoms with Gasteiger partial charge in [0, 0.05) is 42.4 Å². The second kappa shape index (κ2) is 7.05. The molecule has 1 fully saturated rings. The number of nitrogens with one attached hydrogen (secondary N) is 2. The van der Waals surface area contributed by atoms with Gasteiger partial charge in [0.1, 0.15) is 17.3 Å². The predicted octanol–water partition coefficient (Wildman–Crippen LogP) is 1.50. The molecule has 3 aromatic rings. The second-order valence-corrected chi connectivity index (χ2v) is 7.84. The number of rotatable bonds is 2. The number of aromatic amines is 1. The van der Waals surface area contributed by atoms with Crippen molar-refractivity contribution in [3.63, 3.8) is 0 Å². The van der Waals surface area contributed by atoms with Crippen LogP contribution < -0.4 is 21.6 Å². The molecule has 5 rings (SSSR count). The maximum Gasteiger partial charge on any atom is 0.270 e. The Hall–Kier alpha value is -4.01. The molecule has 158 valence electrons. The molecule has 0 radical (unpaired) electrons. The highest BCUT2D eigenvalue weighted by atomic mass is 16.5. The summed E-state index contributed by atoms with van der Waals surface area (Å²) in [5.74, 6) is 5.54. The summed E-state index contributed by atoms with van der Waals surface area (Å²) in [5.41, 5.74) is 7.32. The van der Waals surface area contributed by atoms with Gasteiger partial charge in [-0.15, -0.1) is 0 Å². The molecule has 2 aliphatic heterocycles. The van der Waals surface area contributed by atoms with Crippen LogP contribution in [0.1, 0.15) is 39.3 Å². The van der Waals surface area contributed by atoms with Crippen molar-refractivity contribution in [2.75, 3.05) is 13.1 Å². The smallest absolute Gasteiger partial charge is 0.270 e. The van der Waals surface area contributed by atoms with Crippen molar-refractivity contribution in [3.05, 3.63) is 65.4 Å². The van der Waals surface area contributed by atoms with Gasteiger partial charge in [-0.05, 0) is 30.3 Å².